The molecule has 0 aliphatic carbocycles. The van der Waals surface area contributed by atoms with Gasteiger partial charge in [0.05, 0.1) is 4.92 Å². The molecule has 0 aliphatic heterocycles. The van der Waals surface area contributed by atoms with E-state index in [0.717, 1.165) is 18.2 Å². The molecule has 0 aromatic heterocycles. The van der Waals surface area contributed by atoms with Gasteiger partial charge in [0.2, 0.25) is 0 Å². The molecule has 5 nitrogen and oxygen atoms in total. The molecule has 0 saturated carbocycles. The lowest BCUT2D eigenvalue weighted by Crippen LogP contribution is -2.12. The van der Waals surface area contributed by atoms with Crippen molar-refractivity contribution >= 4 is 17.3 Å². The van der Waals surface area contributed by atoms with E-state index in [1.54, 1.807) is 0 Å². The van der Waals surface area contributed by atoms with Gasteiger partial charge in [0.15, 0.2) is 11.6 Å². The quantitative estimate of drug-likeness (QED) is 0.692. The van der Waals surface area contributed by atoms with Crippen LogP contribution in [-0.2, 0) is 0 Å². The lowest BCUT2D eigenvalue weighted by atomic mass is 10.2. The number of halogens is 2. The number of non-ortho nitro benzene ring substituents is 1. The van der Waals surface area contributed by atoms with Crippen LogP contribution in [0.4, 0.5) is 20.2 Å². The molecule has 0 radical (unpaired) electrons. The van der Waals surface area contributed by atoms with Crippen LogP contribution in [0.5, 0.6) is 0 Å². The maximum Gasteiger partial charge on any atom is 0.269 e. The summed E-state index contributed by atoms with van der Waals surface area (Å²) in [6.07, 6.45) is 0. The summed E-state index contributed by atoms with van der Waals surface area (Å²) in [4.78, 5) is 21.7. The van der Waals surface area contributed by atoms with Gasteiger partial charge in [-0.25, -0.2) is 8.78 Å². The van der Waals surface area contributed by atoms with E-state index in [1.807, 2.05) is 0 Å². The first-order chi connectivity index (χ1) is 9.47. The number of hydrogen-bond donors (Lipinski definition) is 1. The Kier molecular flexibility index (Phi) is 3.69. The molecule has 1 N–H and O–H groups in total. The Morgan fingerprint density at radius 3 is 2.25 bits per heavy atom. The van der Waals surface area contributed by atoms with Crippen LogP contribution < -0.4 is 5.32 Å². The number of nitrogens with zero attached hydrogens (tertiary/aromatic N) is 1. The highest BCUT2D eigenvalue weighted by Gasteiger charge is 2.11. The van der Waals surface area contributed by atoms with Gasteiger partial charge in [0.1, 0.15) is 0 Å². The summed E-state index contributed by atoms with van der Waals surface area (Å²) in [5.41, 5.74) is 0.142. The van der Waals surface area contributed by atoms with Crippen molar-refractivity contribution in [3.05, 3.63) is 69.8 Å². The second-order valence-electron chi connectivity index (χ2n) is 3.89. The number of carbonyl (C=O) groups excluding carboxylic acids is 1. The first-order valence-electron chi connectivity index (χ1n) is 5.48. The molecule has 102 valence electrons. The Balaban J connectivity index is 2.14. The molecule has 0 bridgehead atoms. The maximum absolute atomic E-state index is 13.0. The molecule has 0 spiro atoms. The lowest BCUT2D eigenvalue weighted by Gasteiger charge is -2.05. The van der Waals surface area contributed by atoms with Crippen LogP contribution in [0.15, 0.2) is 42.5 Å². The fourth-order valence-electron chi connectivity index (χ4n) is 1.51. The zero-order valence-electron chi connectivity index (χ0n) is 9.97. The number of nitrogens with one attached hydrogen (secondary N) is 1. The summed E-state index contributed by atoms with van der Waals surface area (Å²) in [5.74, 6) is -2.81. The van der Waals surface area contributed by atoms with Crippen molar-refractivity contribution in [1.29, 1.82) is 0 Å². The summed E-state index contributed by atoms with van der Waals surface area (Å²) in [6, 6.07) is 7.89. The first kappa shape index (κ1) is 13.6. The number of anilines is 1. The Labute approximate surface area is 112 Å². The van der Waals surface area contributed by atoms with Crippen molar-refractivity contribution in [1.82, 2.24) is 0 Å². The zero-order chi connectivity index (χ0) is 14.7. The number of benzene rings is 2. The third-order valence-electron chi connectivity index (χ3n) is 2.52. The number of rotatable bonds is 3. The van der Waals surface area contributed by atoms with Gasteiger partial charge in [-0.05, 0) is 30.3 Å². The number of hydrogen-bond acceptors (Lipinski definition) is 3. The molecular formula is C13H8F2N2O3. The Bertz CT molecular complexity index is 672. The van der Waals surface area contributed by atoms with Crippen LogP contribution >= 0.6 is 0 Å². The summed E-state index contributed by atoms with van der Waals surface area (Å²) < 4.78 is 25.7. The molecule has 0 atom stereocenters. The minimum absolute atomic E-state index is 0.0535. The van der Waals surface area contributed by atoms with Crippen LogP contribution in [0.3, 0.4) is 0 Å². The van der Waals surface area contributed by atoms with Crippen LogP contribution in [-0.4, -0.2) is 10.8 Å². The van der Waals surface area contributed by atoms with E-state index in [1.165, 1.54) is 24.3 Å². The second kappa shape index (κ2) is 5.43. The fourth-order valence-corrected chi connectivity index (χ4v) is 1.51. The van der Waals surface area contributed by atoms with Gasteiger partial charge in [0.25, 0.3) is 11.6 Å². The summed E-state index contributed by atoms with van der Waals surface area (Å²) in [7, 11) is 0. The van der Waals surface area contributed by atoms with Crippen LogP contribution in [0.2, 0.25) is 0 Å². The van der Waals surface area contributed by atoms with Crippen molar-refractivity contribution in [2.75, 3.05) is 5.32 Å². The van der Waals surface area contributed by atoms with Gasteiger partial charge in [-0.2, -0.15) is 0 Å². The highest BCUT2D eigenvalue weighted by molar-refractivity contribution is 6.04. The van der Waals surface area contributed by atoms with E-state index >= 15 is 0 Å². The molecule has 2 aromatic carbocycles. The van der Waals surface area contributed by atoms with E-state index in [0.29, 0.717) is 5.69 Å². The largest absolute Gasteiger partial charge is 0.322 e. The van der Waals surface area contributed by atoms with E-state index in [4.69, 9.17) is 0 Å². The SMILES string of the molecule is O=C(Nc1ccc([N+](=O)[O-])cc1)c1ccc(F)c(F)c1. The van der Waals surface area contributed by atoms with Crippen molar-refractivity contribution in [3.63, 3.8) is 0 Å². The summed E-state index contributed by atoms with van der Waals surface area (Å²) in [5, 5.41) is 12.9. The highest BCUT2D eigenvalue weighted by Crippen LogP contribution is 2.17. The summed E-state index contributed by atoms with van der Waals surface area (Å²) >= 11 is 0. The molecule has 20 heavy (non-hydrogen) atoms. The molecule has 0 unspecified atom stereocenters. The van der Waals surface area contributed by atoms with Crippen LogP contribution in [0, 0.1) is 21.7 Å². The average Bonchev–Trinajstić information content (AvgIpc) is 2.42. The van der Waals surface area contributed by atoms with Gasteiger partial charge in [-0.3, -0.25) is 14.9 Å². The average molecular weight is 278 g/mol. The first-order valence-corrected chi connectivity index (χ1v) is 5.48. The predicted octanol–water partition coefficient (Wildman–Crippen LogP) is 3.13. The van der Waals surface area contributed by atoms with Gasteiger partial charge < -0.3 is 5.32 Å². The fraction of sp³-hybridized carbons (Fsp3) is 0. The third kappa shape index (κ3) is 2.94. The molecular weight excluding hydrogens is 270 g/mol. The Morgan fingerprint density at radius 2 is 1.70 bits per heavy atom. The van der Waals surface area contributed by atoms with Crippen LogP contribution in [0.25, 0.3) is 0 Å². The minimum atomic E-state index is -1.12. The molecule has 0 aliphatic rings. The van der Waals surface area contributed by atoms with E-state index < -0.39 is 22.5 Å². The van der Waals surface area contributed by atoms with E-state index in [2.05, 4.69) is 5.32 Å². The smallest absolute Gasteiger partial charge is 0.269 e. The zero-order valence-corrected chi connectivity index (χ0v) is 9.97. The Morgan fingerprint density at radius 1 is 1.05 bits per heavy atom. The maximum atomic E-state index is 13.0. The van der Waals surface area contributed by atoms with Crippen LogP contribution in [0.1, 0.15) is 10.4 Å². The minimum Gasteiger partial charge on any atom is -0.322 e. The highest BCUT2D eigenvalue weighted by atomic mass is 19.2. The molecule has 0 saturated heterocycles. The van der Waals surface area contributed by atoms with Gasteiger partial charge >= 0.3 is 0 Å². The van der Waals surface area contributed by atoms with Crippen molar-refractivity contribution in [3.8, 4) is 0 Å². The molecule has 1 amide bonds. The molecule has 7 heteroatoms. The molecule has 2 aromatic rings. The van der Waals surface area contributed by atoms with Gasteiger partial charge in [0, 0.05) is 23.4 Å². The number of nitro benzene ring substituents is 1. The molecule has 0 fully saturated rings. The van der Waals surface area contributed by atoms with E-state index in [-0.39, 0.29) is 11.3 Å². The monoisotopic (exact) mass is 278 g/mol. The molecule has 0 heterocycles. The van der Waals surface area contributed by atoms with Crippen molar-refractivity contribution < 1.29 is 18.5 Å². The molecule has 2 rings (SSSR count). The topological polar surface area (TPSA) is 72.2 Å². The van der Waals surface area contributed by atoms with Gasteiger partial charge in [-0.1, -0.05) is 0 Å². The van der Waals surface area contributed by atoms with E-state index in [9.17, 15) is 23.7 Å². The number of carbonyl (C=O) groups is 1. The predicted molar refractivity (Wildman–Crippen MR) is 67.4 cm³/mol. The second-order valence-corrected chi connectivity index (χ2v) is 3.89. The van der Waals surface area contributed by atoms with Gasteiger partial charge in [-0.15, -0.1) is 0 Å². The Hall–Kier alpha value is -2.83. The van der Waals surface area contributed by atoms with Crippen molar-refractivity contribution in [2.45, 2.75) is 0 Å². The number of nitro groups is 1. The summed E-state index contributed by atoms with van der Waals surface area (Å²) in [6.45, 7) is 0. The van der Waals surface area contributed by atoms with Crippen molar-refractivity contribution in [2.24, 2.45) is 0 Å². The lowest BCUT2D eigenvalue weighted by molar-refractivity contribution is -0.384. The third-order valence-corrected chi connectivity index (χ3v) is 2.52. The number of amides is 1. The normalized spacial score (nSPS) is 10.1. The standard InChI is InChI=1S/C13H8F2N2O3/c14-11-6-1-8(7-12(11)15)13(18)16-9-2-4-10(5-3-9)17(19)20/h1-7H,(H,16,18).